The largest absolute Gasteiger partial charge is 0.481 e. The third kappa shape index (κ3) is 7.96. The molecule has 0 radical (unpaired) electrons. The summed E-state index contributed by atoms with van der Waals surface area (Å²) >= 11 is 0. The van der Waals surface area contributed by atoms with Crippen molar-refractivity contribution in [3.05, 3.63) is 82.9 Å². The summed E-state index contributed by atoms with van der Waals surface area (Å²) in [7, 11) is 0. The number of halogens is 7. The molecule has 10 nitrogen and oxygen atoms in total. The summed E-state index contributed by atoms with van der Waals surface area (Å²) in [5.74, 6) is -4.85. The Bertz CT molecular complexity index is 1930. The highest BCUT2D eigenvalue weighted by Gasteiger charge is 2.71. The number of alkyl halides is 6. The zero-order valence-corrected chi connectivity index (χ0v) is 30.3. The van der Waals surface area contributed by atoms with E-state index >= 15 is 0 Å². The molecule has 7 rings (SSSR count). The van der Waals surface area contributed by atoms with Crippen LogP contribution in [-0.2, 0) is 27.5 Å². The van der Waals surface area contributed by atoms with Crippen molar-refractivity contribution < 1.29 is 59.7 Å². The van der Waals surface area contributed by atoms with E-state index in [0.717, 1.165) is 5.56 Å². The van der Waals surface area contributed by atoms with Crippen LogP contribution in [0.2, 0.25) is 0 Å². The first-order valence-electron chi connectivity index (χ1n) is 18.5. The maximum absolute atomic E-state index is 13.9. The van der Waals surface area contributed by atoms with Crippen molar-refractivity contribution in [2.24, 2.45) is 22.7 Å². The fourth-order valence-corrected chi connectivity index (χ4v) is 8.59. The van der Waals surface area contributed by atoms with Crippen molar-refractivity contribution in [2.45, 2.75) is 69.9 Å². The van der Waals surface area contributed by atoms with Crippen LogP contribution in [0.15, 0.2) is 54.9 Å². The van der Waals surface area contributed by atoms with Gasteiger partial charge in [-0.3, -0.25) is 14.3 Å². The molecule has 0 bridgehead atoms. The molecule has 17 heteroatoms. The summed E-state index contributed by atoms with van der Waals surface area (Å²) in [4.78, 5) is 41.2. The Labute approximate surface area is 317 Å². The predicted octanol–water partition coefficient (Wildman–Crippen LogP) is 6.83. The molecular weight excluding hydrogens is 753 g/mol. The van der Waals surface area contributed by atoms with Crippen LogP contribution in [0.3, 0.4) is 0 Å². The van der Waals surface area contributed by atoms with E-state index < -0.39 is 53.5 Å². The fourth-order valence-electron chi connectivity index (χ4n) is 8.59. The molecule has 3 heterocycles. The van der Waals surface area contributed by atoms with Gasteiger partial charge in [0.1, 0.15) is 17.0 Å². The molecular formula is C39H41F7N4O6. The molecule has 56 heavy (non-hydrogen) atoms. The van der Waals surface area contributed by atoms with Gasteiger partial charge in [0, 0.05) is 49.3 Å². The van der Waals surface area contributed by atoms with E-state index in [-0.39, 0.29) is 113 Å². The van der Waals surface area contributed by atoms with Crippen LogP contribution >= 0.6 is 0 Å². The van der Waals surface area contributed by atoms with E-state index in [2.05, 4.69) is 5.10 Å². The molecule has 1 aromatic heterocycles. The van der Waals surface area contributed by atoms with Gasteiger partial charge >= 0.3 is 18.3 Å². The summed E-state index contributed by atoms with van der Waals surface area (Å²) in [6, 6.07) is 10.9. The van der Waals surface area contributed by atoms with Crippen molar-refractivity contribution in [3.8, 4) is 5.75 Å². The van der Waals surface area contributed by atoms with Gasteiger partial charge in [-0.2, -0.15) is 31.4 Å². The number of carboxylic acid groups (broad SMARTS) is 1. The van der Waals surface area contributed by atoms with Gasteiger partial charge in [0.25, 0.3) is 5.91 Å². The number of hydrogen-bond donors (Lipinski definition) is 1. The zero-order valence-electron chi connectivity index (χ0n) is 30.3. The third-order valence-electron chi connectivity index (χ3n) is 11.9. The Morgan fingerprint density at radius 3 is 2.21 bits per heavy atom. The molecule has 4 aliphatic rings. The van der Waals surface area contributed by atoms with Crippen molar-refractivity contribution in [3.63, 3.8) is 0 Å². The van der Waals surface area contributed by atoms with Gasteiger partial charge in [-0.05, 0) is 67.7 Å². The van der Waals surface area contributed by atoms with Gasteiger partial charge in [0.15, 0.2) is 6.61 Å². The number of para-hydroxylation sites is 1. The highest BCUT2D eigenvalue weighted by Crippen LogP contribution is 2.60. The molecule has 1 N–H and O–H groups in total. The molecule has 2 saturated carbocycles. The molecule has 2 amide bonds. The Balaban J connectivity index is 1.06. The summed E-state index contributed by atoms with van der Waals surface area (Å²) in [5.41, 5.74) is -1.05. The van der Waals surface area contributed by atoms with Crippen LogP contribution in [0.25, 0.3) is 0 Å². The number of nitrogens with zero attached hydrogens (tertiary/aromatic N) is 4. The van der Waals surface area contributed by atoms with Gasteiger partial charge in [0.2, 0.25) is 5.91 Å². The van der Waals surface area contributed by atoms with Crippen molar-refractivity contribution in [2.75, 3.05) is 39.4 Å². The molecule has 2 aromatic carbocycles. The number of carboxylic acids is 1. The summed E-state index contributed by atoms with van der Waals surface area (Å²) in [6.45, 7) is -0.165. The minimum Gasteiger partial charge on any atom is -0.481 e. The Kier molecular flexibility index (Phi) is 10.6. The lowest BCUT2D eigenvalue weighted by molar-refractivity contribution is -0.205. The highest BCUT2D eigenvalue weighted by atomic mass is 19.4. The number of aromatic nitrogens is 2. The Morgan fingerprint density at radius 1 is 0.911 bits per heavy atom. The zero-order chi connectivity index (χ0) is 40.0. The number of rotatable bonds is 12. The van der Waals surface area contributed by atoms with E-state index in [0.29, 0.717) is 11.1 Å². The maximum Gasteiger partial charge on any atom is 0.403 e. The van der Waals surface area contributed by atoms with Gasteiger partial charge in [-0.15, -0.1) is 0 Å². The minimum absolute atomic E-state index is 0.00560. The standard InChI is InChI=1S/C39H41F7N4O6/c40-30-10-4-24(5-11-30)15-50-16-27(14-47-50)34(53)48-17-29(36(21-48)22-49(23-36)35(54)37(12-13-37)39(44,45)46)19-55-18-26-2-1-3-31(33(26)56-20-32(51)52)25-6-8-28(9-7-25)38(41,42)43/h1-5,10-11,14,16,25,28-29H,6-9,12-13,15,17-23H2,(H,51,52)/t25?,28?,29-/m0/s1. The normalized spacial score (nSPS) is 22.9. The molecule has 3 aromatic rings. The number of ether oxygens (including phenoxy) is 2. The summed E-state index contributed by atoms with van der Waals surface area (Å²) < 4.78 is 109. The summed E-state index contributed by atoms with van der Waals surface area (Å²) in [5, 5.41) is 13.6. The molecule has 2 saturated heterocycles. The van der Waals surface area contributed by atoms with E-state index in [1.165, 1.54) is 27.9 Å². The second-order valence-corrected chi connectivity index (χ2v) is 15.7. The van der Waals surface area contributed by atoms with Gasteiger partial charge in [0.05, 0.1) is 37.4 Å². The van der Waals surface area contributed by atoms with Crippen LogP contribution in [0.4, 0.5) is 30.7 Å². The number of aliphatic carboxylic acids is 1. The predicted molar refractivity (Wildman–Crippen MR) is 184 cm³/mol. The van der Waals surface area contributed by atoms with Gasteiger partial charge < -0.3 is 24.4 Å². The molecule has 0 unspecified atom stereocenters. The van der Waals surface area contributed by atoms with Crippen molar-refractivity contribution in [1.29, 1.82) is 0 Å². The van der Waals surface area contributed by atoms with Crippen LogP contribution in [0.1, 0.15) is 71.5 Å². The highest BCUT2D eigenvalue weighted by molar-refractivity contribution is 5.94. The number of hydrogen-bond acceptors (Lipinski definition) is 6. The second kappa shape index (κ2) is 15.0. The topological polar surface area (TPSA) is 114 Å². The van der Waals surface area contributed by atoms with Gasteiger partial charge in [-0.1, -0.05) is 30.3 Å². The van der Waals surface area contributed by atoms with E-state index in [4.69, 9.17) is 9.47 Å². The number of carbonyl (C=O) groups excluding carboxylic acids is 2. The minimum atomic E-state index is -4.67. The van der Waals surface area contributed by atoms with Crippen molar-refractivity contribution in [1.82, 2.24) is 19.6 Å². The molecule has 4 fully saturated rings. The van der Waals surface area contributed by atoms with E-state index in [1.807, 2.05) is 0 Å². The SMILES string of the molecule is O=C(O)COc1c(COC[C@@H]2CN(C(=O)c3cnn(Cc4ccc(F)cc4)c3)CC23CN(C(=O)C2(C(F)(F)F)CC2)C3)cccc1C1CCC(C(F)(F)F)CC1. The van der Waals surface area contributed by atoms with E-state index in [1.54, 1.807) is 41.4 Å². The first-order valence-corrected chi connectivity index (χ1v) is 18.5. The fraction of sp³-hybridized carbons (Fsp3) is 0.538. The van der Waals surface area contributed by atoms with Crippen LogP contribution in [0.5, 0.6) is 5.75 Å². The molecule has 1 atom stereocenters. The average Bonchev–Trinajstić information content (AvgIpc) is 3.70. The maximum atomic E-state index is 13.9. The van der Waals surface area contributed by atoms with Crippen molar-refractivity contribution >= 4 is 17.8 Å². The molecule has 1 spiro atoms. The Morgan fingerprint density at radius 2 is 1.59 bits per heavy atom. The lowest BCUT2D eigenvalue weighted by Gasteiger charge is -2.51. The lowest BCUT2D eigenvalue weighted by Crippen LogP contribution is -2.65. The van der Waals surface area contributed by atoms with Crippen LogP contribution in [-0.4, -0.2) is 94.2 Å². The average molecular weight is 795 g/mol. The van der Waals surface area contributed by atoms with E-state index in [9.17, 15) is 50.2 Å². The van der Waals surface area contributed by atoms with Crippen LogP contribution < -0.4 is 4.74 Å². The second-order valence-electron chi connectivity index (χ2n) is 15.7. The summed E-state index contributed by atoms with van der Waals surface area (Å²) in [6.07, 6.45) is -6.20. The van der Waals surface area contributed by atoms with Crippen LogP contribution in [0, 0.1) is 28.5 Å². The number of benzene rings is 2. The molecule has 2 aliphatic heterocycles. The first-order chi connectivity index (χ1) is 26.5. The smallest absolute Gasteiger partial charge is 0.403 e. The number of amides is 2. The first kappa shape index (κ1) is 39.6. The lowest BCUT2D eigenvalue weighted by atomic mass is 9.71. The quantitative estimate of drug-likeness (QED) is 0.200. The number of likely N-dealkylation sites (tertiary alicyclic amines) is 2. The molecule has 302 valence electrons. The number of carbonyl (C=O) groups is 3. The molecule has 2 aliphatic carbocycles. The van der Waals surface area contributed by atoms with Gasteiger partial charge in [-0.25, -0.2) is 9.18 Å². The monoisotopic (exact) mass is 794 g/mol. The third-order valence-corrected chi connectivity index (χ3v) is 11.9. The Hall–Kier alpha value is -4.67.